The van der Waals surface area contributed by atoms with Crippen molar-refractivity contribution in [1.82, 2.24) is 5.32 Å². The van der Waals surface area contributed by atoms with Crippen LogP contribution in [0.3, 0.4) is 0 Å². The Hall–Kier alpha value is -1.12. The molecule has 2 N–H and O–H groups in total. The van der Waals surface area contributed by atoms with Crippen molar-refractivity contribution in [2.24, 2.45) is 5.92 Å². The molecule has 104 valence electrons. The summed E-state index contributed by atoms with van der Waals surface area (Å²) < 4.78 is 0. The van der Waals surface area contributed by atoms with Gasteiger partial charge in [-0.3, -0.25) is 0 Å². The van der Waals surface area contributed by atoms with Crippen molar-refractivity contribution < 1.29 is 5.11 Å². The first-order chi connectivity index (χ1) is 9.40. The third-order valence-electron chi connectivity index (χ3n) is 3.95. The molecule has 0 spiro atoms. The van der Waals surface area contributed by atoms with E-state index in [1.165, 1.54) is 24.8 Å². The van der Waals surface area contributed by atoms with Crippen LogP contribution < -0.4 is 5.32 Å². The molecule has 0 fully saturated rings. The molecule has 2 rings (SSSR count). The molecular weight excluding hydrogens is 234 g/mol. The average molecular weight is 259 g/mol. The van der Waals surface area contributed by atoms with Crippen molar-refractivity contribution in [2.75, 3.05) is 19.7 Å². The van der Waals surface area contributed by atoms with Crippen molar-refractivity contribution in [1.29, 1.82) is 0 Å². The van der Waals surface area contributed by atoms with Crippen LogP contribution in [-0.4, -0.2) is 24.8 Å². The van der Waals surface area contributed by atoms with E-state index >= 15 is 0 Å². The van der Waals surface area contributed by atoms with Gasteiger partial charge in [0.1, 0.15) is 0 Å². The second kappa shape index (κ2) is 8.13. The van der Waals surface area contributed by atoms with Crippen molar-refractivity contribution >= 4 is 0 Å². The molecule has 1 aromatic carbocycles. The first-order valence-corrected chi connectivity index (χ1v) is 7.41. The molecule has 0 unspecified atom stereocenters. The average Bonchev–Trinajstić information content (AvgIpc) is 2.48. The van der Waals surface area contributed by atoms with E-state index in [-0.39, 0.29) is 6.61 Å². The Balaban J connectivity index is 1.79. The van der Waals surface area contributed by atoms with Crippen molar-refractivity contribution in [3.8, 4) is 0 Å². The van der Waals surface area contributed by atoms with Crippen LogP contribution in [0.5, 0.6) is 0 Å². The molecule has 2 nitrogen and oxygen atoms in total. The summed E-state index contributed by atoms with van der Waals surface area (Å²) in [7, 11) is 0. The first kappa shape index (κ1) is 14.3. The van der Waals surface area contributed by atoms with Gasteiger partial charge < -0.3 is 10.4 Å². The zero-order valence-corrected chi connectivity index (χ0v) is 11.6. The normalized spacial score (nSPS) is 20.4. The SMILES string of the molecule is OCC[C@H](CNC[C@H]1CC=CCC1)c1ccccc1. The van der Waals surface area contributed by atoms with Gasteiger partial charge in [-0.1, -0.05) is 42.5 Å². The molecule has 0 heterocycles. The van der Waals surface area contributed by atoms with Crippen LogP contribution in [0.1, 0.15) is 37.2 Å². The minimum Gasteiger partial charge on any atom is -0.396 e. The molecule has 0 bridgehead atoms. The molecule has 0 amide bonds. The van der Waals surface area contributed by atoms with Gasteiger partial charge in [0.2, 0.25) is 0 Å². The monoisotopic (exact) mass is 259 g/mol. The summed E-state index contributed by atoms with van der Waals surface area (Å²) in [6.45, 7) is 2.32. The Morgan fingerprint density at radius 1 is 1.21 bits per heavy atom. The van der Waals surface area contributed by atoms with Gasteiger partial charge in [-0.15, -0.1) is 0 Å². The molecule has 1 aliphatic rings. The summed E-state index contributed by atoms with van der Waals surface area (Å²) in [5.41, 5.74) is 1.33. The van der Waals surface area contributed by atoms with Gasteiger partial charge in [-0.2, -0.15) is 0 Å². The largest absolute Gasteiger partial charge is 0.396 e. The summed E-state index contributed by atoms with van der Waals surface area (Å²) in [6.07, 6.45) is 9.17. The highest BCUT2D eigenvalue weighted by atomic mass is 16.3. The van der Waals surface area contributed by atoms with E-state index in [9.17, 15) is 5.11 Å². The van der Waals surface area contributed by atoms with Crippen LogP contribution in [0, 0.1) is 5.92 Å². The zero-order valence-electron chi connectivity index (χ0n) is 11.6. The van der Waals surface area contributed by atoms with E-state index in [0.29, 0.717) is 5.92 Å². The molecule has 19 heavy (non-hydrogen) atoms. The molecule has 1 aromatic rings. The molecule has 1 aliphatic carbocycles. The summed E-state index contributed by atoms with van der Waals surface area (Å²) in [5, 5.41) is 12.8. The second-order valence-electron chi connectivity index (χ2n) is 5.43. The van der Waals surface area contributed by atoms with Crippen LogP contribution in [0.4, 0.5) is 0 Å². The van der Waals surface area contributed by atoms with E-state index in [1.54, 1.807) is 0 Å². The Morgan fingerprint density at radius 3 is 2.74 bits per heavy atom. The first-order valence-electron chi connectivity index (χ1n) is 7.41. The number of aliphatic hydroxyl groups excluding tert-OH is 1. The summed E-state index contributed by atoms with van der Waals surface area (Å²) in [6, 6.07) is 10.5. The number of hydrogen-bond acceptors (Lipinski definition) is 2. The number of nitrogens with one attached hydrogen (secondary N) is 1. The van der Waals surface area contributed by atoms with Gasteiger partial charge in [0.05, 0.1) is 0 Å². The fraction of sp³-hybridized carbons (Fsp3) is 0.529. The maximum atomic E-state index is 9.21. The number of allylic oxidation sites excluding steroid dienone is 2. The van der Waals surface area contributed by atoms with Gasteiger partial charge in [0.15, 0.2) is 0 Å². The van der Waals surface area contributed by atoms with Gasteiger partial charge in [-0.25, -0.2) is 0 Å². The smallest absolute Gasteiger partial charge is 0.0437 e. The van der Waals surface area contributed by atoms with Crippen molar-refractivity contribution in [3.63, 3.8) is 0 Å². The van der Waals surface area contributed by atoms with Crippen LogP contribution in [0.25, 0.3) is 0 Å². The molecular formula is C17H25NO. The highest BCUT2D eigenvalue weighted by Gasteiger charge is 2.13. The zero-order chi connectivity index (χ0) is 13.3. The quantitative estimate of drug-likeness (QED) is 0.738. The highest BCUT2D eigenvalue weighted by Crippen LogP contribution is 2.20. The Labute approximate surface area is 116 Å². The lowest BCUT2D eigenvalue weighted by molar-refractivity contribution is 0.272. The maximum Gasteiger partial charge on any atom is 0.0437 e. The van der Waals surface area contributed by atoms with E-state index < -0.39 is 0 Å². The van der Waals surface area contributed by atoms with Crippen LogP contribution in [-0.2, 0) is 0 Å². The van der Waals surface area contributed by atoms with Gasteiger partial charge in [-0.05, 0) is 49.6 Å². The fourth-order valence-corrected chi connectivity index (χ4v) is 2.77. The Kier molecular flexibility index (Phi) is 6.12. The number of benzene rings is 1. The predicted molar refractivity (Wildman–Crippen MR) is 80.2 cm³/mol. The topological polar surface area (TPSA) is 32.3 Å². The lowest BCUT2D eigenvalue weighted by atomic mass is 9.93. The summed E-state index contributed by atoms with van der Waals surface area (Å²) in [4.78, 5) is 0. The molecule has 2 heteroatoms. The van der Waals surface area contributed by atoms with Crippen molar-refractivity contribution in [3.05, 3.63) is 48.0 Å². The second-order valence-corrected chi connectivity index (χ2v) is 5.43. The Bertz CT molecular complexity index is 374. The lowest BCUT2D eigenvalue weighted by Gasteiger charge is -2.21. The molecule has 0 saturated heterocycles. The highest BCUT2D eigenvalue weighted by molar-refractivity contribution is 5.19. The third kappa shape index (κ3) is 4.81. The molecule has 0 saturated carbocycles. The predicted octanol–water partition coefficient (Wildman–Crippen LogP) is 3.10. The van der Waals surface area contributed by atoms with Gasteiger partial charge >= 0.3 is 0 Å². The lowest BCUT2D eigenvalue weighted by Crippen LogP contribution is -2.28. The maximum absolute atomic E-state index is 9.21. The van der Waals surface area contributed by atoms with Gasteiger partial charge in [0, 0.05) is 13.2 Å². The van der Waals surface area contributed by atoms with E-state index in [0.717, 1.165) is 25.4 Å². The molecule has 0 aliphatic heterocycles. The number of rotatable bonds is 7. The summed E-state index contributed by atoms with van der Waals surface area (Å²) in [5.74, 6) is 1.21. The number of hydrogen-bond donors (Lipinski definition) is 2. The van der Waals surface area contributed by atoms with E-state index in [1.807, 2.05) is 6.07 Å². The van der Waals surface area contributed by atoms with Crippen molar-refractivity contribution in [2.45, 2.75) is 31.6 Å². The number of aliphatic hydroxyl groups is 1. The van der Waals surface area contributed by atoms with Gasteiger partial charge in [0.25, 0.3) is 0 Å². The van der Waals surface area contributed by atoms with E-state index in [2.05, 4.69) is 41.7 Å². The third-order valence-corrected chi connectivity index (χ3v) is 3.95. The summed E-state index contributed by atoms with van der Waals surface area (Å²) >= 11 is 0. The van der Waals surface area contributed by atoms with Crippen LogP contribution in [0.15, 0.2) is 42.5 Å². The van der Waals surface area contributed by atoms with Crippen LogP contribution >= 0.6 is 0 Å². The molecule has 0 radical (unpaired) electrons. The fourth-order valence-electron chi connectivity index (χ4n) is 2.77. The molecule has 2 atom stereocenters. The minimum atomic E-state index is 0.257. The standard InChI is InChI=1S/C17H25NO/c19-12-11-17(16-9-5-2-6-10-16)14-18-13-15-7-3-1-4-8-15/h1-3,5-6,9-10,15,17-19H,4,7-8,11-14H2/t15-,17+/m0/s1. The molecule has 0 aromatic heterocycles. The Morgan fingerprint density at radius 2 is 2.05 bits per heavy atom. The van der Waals surface area contributed by atoms with Crippen LogP contribution in [0.2, 0.25) is 0 Å². The van der Waals surface area contributed by atoms with E-state index in [4.69, 9.17) is 0 Å². The minimum absolute atomic E-state index is 0.257.